The van der Waals surface area contributed by atoms with Crippen molar-refractivity contribution in [2.45, 2.75) is 31.4 Å². The molecule has 1 aliphatic carbocycles. The van der Waals surface area contributed by atoms with Gasteiger partial charge in [0.1, 0.15) is 10.5 Å². The molecule has 0 aromatic heterocycles. The summed E-state index contributed by atoms with van der Waals surface area (Å²) in [6, 6.07) is 18.0. The van der Waals surface area contributed by atoms with Gasteiger partial charge in [-0.05, 0) is 43.0 Å². The van der Waals surface area contributed by atoms with Crippen LogP contribution in [0, 0.1) is 5.92 Å². The van der Waals surface area contributed by atoms with Gasteiger partial charge in [-0.15, -0.1) is 0 Å². The molecule has 0 amide bonds. The van der Waals surface area contributed by atoms with Crippen LogP contribution in [-0.4, -0.2) is 24.3 Å². The Morgan fingerprint density at radius 2 is 1.82 bits per heavy atom. The molecule has 1 N–H and O–H groups in total. The quantitative estimate of drug-likeness (QED) is 0.679. The second-order valence-electron chi connectivity index (χ2n) is 7.44. The second-order valence-corrected chi connectivity index (χ2v) is 9.15. The predicted molar refractivity (Wildman–Crippen MR) is 112 cm³/mol. The second kappa shape index (κ2) is 8.33. The lowest BCUT2D eigenvalue weighted by molar-refractivity contribution is 0.229. The summed E-state index contributed by atoms with van der Waals surface area (Å²) in [6.45, 7) is 3.88. The Morgan fingerprint density at radius 1 is 1.11 bits per heavy atom. The van der Waals surface area contributed by atoms with Crippen LogP contribution in [0.15, 0.2) is 78.4 Å². The molecular weight excluding hydrogens is 372 g/mol. The fourth-order valence-electron chi connectivity index (χ4n) is 3.48. The molecule has 0 fully saturated rings. The van der Waals surface area contributed by atoms with Crippen LogP contribution < -0.4 is 4.74 Å². The van der Waals surface area contributed by atoms with Crippen molar-refractivity contribution in [2.24, 2.45) is 5.92 Å². The van der Waals surface area contributed by atoms with Crippen LogP contribution in [0.3, 0.4) is 0 Å². The lowest BCUT2D eigenvalue weighted by Crippen LogP contribution is -2.45. The van der Waals surface area contributed by atoms with Crippen LogP contribution in [-0.2, 0) is 16.5 Å². The molecule has 28 heavy (non-hydrogen) atoms. The Morgan fingerprint density at radius 3 is 2.46 bits per heavy atom. The lowest BCUT2D eigenvalue weighted by Gasteiger charge is -2.34. The number of rotatable bonds is 7. The maximum absolute atomic E-state index is 12.1. The van der Waals surface area contributed by atoms with Gasteiger partial charge in [0.2, 0.25) is 0 Å². The summed E-state index contributed by atoms with van der Waals surface area (Å²) in [7, 11) is -4.27. The fraction of sp³-hybridized carbons (Fsp3) is 0.304. The summed E-state index contributed by atoms with van der Waals surface area (Å²) in [5, 5.41) is 0. The maximum Gasteiger partial charge on any atom is 0.275 e. The normalized spacial score (nSPS) is 20.5. The fourth-order valence-corrected chi connectivity index (χ4v) is 4.59. The van der Waals surface area contributed by atoms with E-state index in [1.807, 2.05) is 55.5 Å². The molecule has 0 spiro atoms. The first-order valence-electron chi connectivity index (χ1n) is 9.39. The van der Waals surface area contributed by atoms with E-state index < -0.39 is 20.8 Å². The van der Waals surface area contributed by atoms with Crippen LogP contribution in [0.2, 0.25) is 0 Å². The summed E-state index contributed by atoms with van der Waals surface area (Å²) in [5.41, 5.74) is 3.32. The number of allylic oxidation sites excluding steroid dienone is 3. The van der Waals surface area contributed by atoms with Crippen molar-refractivity contribution >= 4 is 10.1 Å². The highest BCUT2D eigenvalue weighted by Crippen LogP contribution is 2.36. The first-order valence-corrected chi connectivity index (χ1v) is 10.8. The van der Waals surface area contributed by atoms with E-state index in [0.29, 0.717) is 5.75 Å². The van der Waals surface area contributed by atoms with Crippen molar-refractivity contribution in [1.82, 2.24) is 0 Å². The van der Waals surface area contributed by atoms with E-state index >= 15 is 0 Å². The molecule has 148 valence electrons. The monoisotopic (exact) mass is 398 g/mol. The van der Waals surface area contributed by atoms with Crippen LogP contribution in [0.4, 0.5) is 0 Å². The zero-order valence-electron chi connectivity index (χ0n) is 16.2. The smallest absolute Gasteiger partial charge is 0.275 e. The third-order valence-corrected chi connectivity index (χ3v) is 7.00. The highest BCUT2D eigenvalue weighted by Gasteiger charge is 2.46. The summed E-state index contributed by atoms with van der Waals surface area (Å²) in [4.78, 5) is 0. The summed E-state index contributed by atoms with van der Waals surface area (Å²) < 4.78 is 38.7. The Bertz CT molecular complexity index is 977. The molecule has 0 aliphatic heterocycles. The Labute approximate surface area is 167 Å². The molecule has 0 saturated carbocycles. The van der Waals surface area contributed by atoms with Crippen molar-refractivity contribution in [2.75, 3.05) is 6.61 Å². The number of hydrogen-bond donors (Lipinski definition) is 1. The van der Waals surface area contributed by atoms with E-state index in [2.05, 4.69) is 12.1 Å². The highest BCUT2D eigenvalue weighted by atomic mass is 32.2. The molecular formula is C23H26O4S. The van der Waals surface area contributed by atoms with Crippen molar-refractivity contribution in [1.29, 1.82) is 0 Å². The van der Waals surface area contributed by atoms with E-state index in [4.69, 9.17) is 4.74 Å². The maximum atomic E-state index is 12.1. The van der Waals surface area contributed by atoms with Gasteiger partial charge in [0.25, 0.3) is 10.1 Å². The van der Waals surface area contributed by atoms with Gasteiger partial charge in [0, 0.05) is 5.92 Å². The third-order valence-electron chi connectivity index (χ3n) is 5.34. The highest BCUT2D eigenvalue weighted by molar-refractivity contribution is 7.87. The molecule has 0 saturated heterocycles. The van der Waals surface area contributed by atoms with E-state index in [0.717, 1.165) is 17.6 Å². The molecule has 1 unspecified atom stereocenters. The molecule has 4 nitrogen and oxygen atoms in total. The molecule has 0 heterocycles. The molecule has 2 aromatic carbocycles. The van der Waals surface area contributed by atoms with Crippen LogP contribution in [0.25, 0.3) is 0 Å². The minimum absolute atomic E-state index is 0.186. The number of ether oxygens (including phenoxy) is 1. The van der Waals surface area contributed by atoms with Crippen molar-refractivity contribution in [3.8, 4) is 5.75 Å². The van der Waals surface area contributed by atoms with Crippen LogP contribution in [0.1, 0.15) is 31.4 Å². The van der Waals surface area contributed by atoms with Gasteiger partial charge >= 0.3 is 0 Å². The number of hydrogen-bond acceptors (Lipinski definition) is 3. The molecule has 0 bridgehead atoms. The zero-order chi connectivity index (χ0) is 20.2. The zero-order valence-corrected chi connectivity index (χ0v) is 17.0. The van der Waals surface area contributed by atoms with Gasteiger partial charge in [-0.2, -0.15) is 8.42 Å². The topological polar surface area (TPSA) is 63.6 Å². The average molecular weight is 399 g/mol. The first kappa shape index (κ1) is 20.4. The van der Waals surface area contributed by atoms with E-state index in [1.54, 1.807) is 19.1 Å². The minimum Gasteiger partial charge on any atom is -0.493 e. The Hall–Kier alpha value is -2.37. The van der Waals surface area contributed by atoms with Crippen LogP contribution >= 0.6 is 0 Å². The largest absolute Gasteiger partial charge is 0.493 e. The summed E-state index contributed by atoms with van der Waals surface area (Å²) >= 11 is 0. The van der Waals surface area contributed by atoms with Gasteiger partial charge in [-0.1, -0.05) is 73.2 Å². The molecule has 1 aliphatic rings. The summed E-state index contributed by atoms with van der Waals surface area (Å²) in [6.07, 6.45) is 6.22. The molecule has 0 radical (unpaired) electrons. The Balaban J connectivity index is 1.71. The standard InChI is InChI=1S/C23H26O4S/c1-18-11-13-23(14-12-18,28(24,25)26)19(2)17-27-22-10-6-9-21(16-22)15-20-7-4-3-5-8-20/h3-13,16,19H,14-15,17H2,1-2H3,(H,24,25,26)/t19?,23-/m0/s1. The molecule has 2 atom stereocenters. The predicted octanol–water partition coefficient (Wildman–Crippen LogP) is 4.83. The van der Waals surface area contributed by atoms with E-state index in [-0.39, 0.29) is 13.0 Å². The van der Waals surface area contributed by atoms with Gasteiger partial charge in [-0.3, -0.25) is 4.55 Å². The molecule has 5 heteroatoms. The minimum atomic E-state index is -4.27. The van der Waals surface area contributed by atoms with Gasteiger partial charge in [0.05, 0.1) is 6.61 Å². The van der Waals surface area contributed by atoms with Gasteiger partial charge in [-0.25, -0.2) is 0 Å². The van der Waals surface area contributed by atoms with Gasteiger partial charge in [0.15, 0.2) is 0 Å². The van der Waals surface area contributed by atoms with E-state index in [1.165, 1.54) is 5.56 Å². The van der Waals surface area contributed by atoms with Crippen molar-refractivity contribution in [3.63, 3.8) is 0 Å². The van der Waals surface area contributed by atoms with Gasteiger partial charge < -0.3 is 4.74 Å². The summed E-state index contributed by atoms with van der Waals surface area (Å²) in [5.74, 6) is 0.276. The van der Waals surface area contributed by atoms with Crippen molar-refractivity contribution in [3.05, 3.63) is 89.5 Å². The molecule has 3 rings (SSSR count). The lowest BCUT2D eigenvalue weighted by atomic mass is 9.86. The first-order chi connectivity index (χ1) is 13.3. The van der Waals surface area contributed by atoms with Crippen LogP contribution in [0.5, 0.6) is 5.75 Å². The number of benzene rings is 2. The third kappa shape index (κ3) is 4.54. The SMILES string of the molecule is CC1=CC[C@@](C(C)COc2cccc(Cc3ccccc3)c2)(S(=O)(=O)O)C=C1. The van der Waals surface area contributed by atoms with E-state index in [9.17, 15) is 13.0 Å². The average Bonchev–Trinajstić information content (AvgIpc) is 2.67. The Kier molecular flexibility index (Phi) is 6.06. The molecule has 2 aromatic rings. The van der Waals surface area contributed by atoms with Crippen molar-refractivity contribution < 1.29 is 17.7 Å².